The highest BCUT2D eigenvalue weighted by Crippen LogP contribution is 2.55. The Hall–Kier alpha value is -1.55. The summed E-state index contributed by atoms with van der Waals surface area (Å²) in [6.07, 6.45) is 1.72. The van der Waals surface area contributed by atoms with Crippen molar-refractivity contribution in [3.8, 4) is 5.75 Å². The van der Waals surface area contributed by atoms with Crippen LogP contribution in [0, 0.1) is 0 Å². The summed E-state index contributed by atoms with van der Waals surface area (Å²) in [5.41, 5.74) is 5.74. The number of ether oxygens (including phenoxy) is 1. The summed E-state index contributed by atoms with van der Waals surface area (Å²) in [6.45, 7) is 1.71. The van der Waals surface area contributed by atoms with Crippen LogP contribution in [0.25, 0.3) is 0 Å². The molecule has 0 aromatic heterocycles. The molecular formula is C13H17NO3. The fourth-order valence-electron chi connectivity index (χ4n) is 2.42. The van der Waals surface area contributed by atoms with Gasteiger partial charge in [-0.3, -0.25) is 4.79 Å². The van der Waals surface area contributed by atoms with Gasteiger partial charge in [0.2, 0.25) is 0 Å². The number of phenolic OH excluding ortho intramolecular Hbond substituents is 1. The van der Waals surface area contributed by atoms with Gasteiger partial charge in [-0.25, -0.2) is 0 Å². The van der Waals surface area contributed by atoms with Gasteiger partial charge in [0.25, 0.3) is 0 Å². The molecular weight excluding hydrogens is 218 g/mol. The maximum Gasteiger partial charge on any atom is 0.326 e. The fraction of sp³-hybridized carbons (Fsp3) is 0.462. The van der Waals surface area contributed by atoms with E-state index in [1.807, 2.05) is 12.1 Å². The molecule has 0 aliphatic heterocycles. The first-order chi connectivity index (χ1) is 7.94. The third kappa shape index (κ3) is 1.69. The summed E-state index contributed by atoms with van der Waals surface area (Å²) in [5, 5.41) is 9.28. The smallest absolute Gasteiger partial charge is 0.326 e. The summed E-state index contributed by atoms with van der Waals surface area (Å²) in [6, 6.07) is 6.86. The molecule has 1 aliphatic carbocycles. The topological polar surface area (TPSA) is 72.5 Å². The molecule has 0 saturated heterocycles. The molecule has 0 radical (unpaired) electrons. The average molecular weight is 235 g/mol. The molecule has 1 saturated carbocycles. The normalized spacial score (nSPS) is 20.4. The lowest BCUT2D eigenvalue weighted by molar-refractivity contribution is -0.147. The molecule has 0 heterocycles. The number of aromatic hydroxyl groups is 1. The minimum atomic E-state index is -1.03. The molecule has 1 aromatic rings. The van der Waals surface area contributed by atoms with E-state index in [2.05, 4.69) is 0 Å². The van der Waals surface area contributed by atoms with Gasteiger partial charge in [-0.05, 0) is 37.5 Å². The van der Waals surface area contributed by atoms with E-state index in [1.165, 1.54) is 7.11 Å². The standard InChI is InChI=1S/C13H17NO3/c1-12(14,11(16)17-2)13(7-8-13)9-3-5-10(15)6-4-9/h3-6,15H,7-8,14H2,1-2H3. The van der Waals surface area contributed by atoms with E-state index < -0.39 is 11.5 Å². The lowest BCUT2D eigenvalue weighted by Crippen LogP contribution is -2.55. The zero-order valence-corrected chi connectivity index (χ0v) is 10.1. The number of hydrogen-bond donors (Lipinski definition) is 2. The fourth-order valence-corrected chi connectivity index (χ4v) is 2.42. The van der Waals surface area contributed by atoms with E-state index in [-0.39, 0.29) is 11.2 Å². The molecule has 1 unspecified atom stereocenters. The van der Waals surface area contributed by atoms with Gasteiger partial charge in [0.1, 0.15) is 11.3 Å². The molecule has 4 heteroatoms. The predicted molar refractivity (Wildman–Crippen MR) is 63.6 cm³/mol. The Labute approximate surface area is 100 Å². The molecule has 3 N–H and O–H groups in total. The number of hydrogen-bond acceptors (Lipinski definition) is 4. The van der Waals surface area contributed by atoms with Gasteiger partial charge in [0.15, 0.2) is 0 Å². The van der Waals surface area contributed by atoms with E-state index in [0.29, 0.717) is 0 Å². The molecule has 0 bridgehead atoms. The largest absolute Gasteiger partial charge is 0.508 e. The lowest BCUT2D eigenvalue weighted by Gasteiger charge is -2.32. The Morgan fingerprint density at radius 3 is 2.35 bits per heavy atom. The molecule has 1 aliphatic rings. The van der Waals surface area contributed by atoms with Crippen molar-refractivity contribution in [2.75, 3.05) is 7.11 Å². The summed E-state index contributed by atoms with van der Waals surface area (Å²) in [4.78, 5) is 11.8. The van der Waals surface area contributed by atoms with Crippen molar-refractivity contribution in [3.63, 3.8) is 0 Å². The van der Waals surface area contributed by atoms with E-state index in [0.717, 1.165) is 18.4 Å². The number of rotatable bonds is 3. The number of nitrogens with two attached hydrogens (primary N) is 1. The second kappa shape index (κ2) is 3.74. The van der Waals surface area contributed by atoms with Crippen LogP contribution in [0.15, 0.2) is 24.3 Å². The molecule has 1 fully saturated rings. The van der Waals surface area contributed by atoms with Crippen LogP contribution in [0.5, 0.6) is 5.75 Å². The minimum Gasteiger partial charge on any atom is -0.508 e. The molecule has 1 aromatic carbocycles. The second-order valence-corrected chi connectivity index (χ2v) is 4.82. The number of phenols is 1. The van der Waals surface area contributed by atoms with Crippen LogP contribution in [-0.2, 0) is 14.9 Å². The predicted octanol–water partition coefficient (Wildman–Crippen LogP) is 1.31. The molecule has 92 valence electrons. The van der Waals surface area contributed by atoms with Crippen LogP contribution in [0.3, 0.4) is 0 Å². The van der Waals surface area contributed by atoms with Crippen molar-refractivity contribution in [2.45, 2.75) is 30.7 Å². The van der Waals surface area contributed by atoms with Crippen molar-refractivity contribution in [1.29, 1.82) is 0 Å². The Kier molecular flexibility index (Phi) is 2.62. The molecule has 1 atom stereocenters. The van der Waals surface area contributed by atoms with Crippen LogP contribution in [-0.4, -0.2) is 23.7 Å². The van der Waals surface area contributed by atoms with Crippen LogP contribution < -0.4 is 5.73 Å². The van der Waals surface area contributed by atoms with Crippen LogP contribution in [0.1, 0.15) is 25.3 Å². The summed E-state index contributed by atoms with van der Waals surface area (Å²) >= 11 is 0. The number of benzene rings is 1. The Balaban J connectivity index is 2.37. The number of carbonyl (C=O) groups is 1. The maximum atomic E-state index is 11.8. The lowest BCUT2D eigenvalue weighted by atomic mass is 9.78. The highest BCUT2D eigenvalue weighted by Gasteiger charge is 2.60. The van der Waals surface area contributed by atoms with Crippen molar-refractivity contribution in [2.24, 2.45) is 5.73 Å². The number of carbonyl (C=O) groups excluding carboxylic acids is 1. The highest BCUT2D eigenvalue weighted by molar-refractivity contribution is 5.83. The van der Waals surface area contributed by atoms with Crippen molar-refractivity contribution < 1.29 is 14.6 Å². The molecule has 4 nitrogen and oxygen atoms in total. The van der Waals surface area contributed by atoms with Gasteiger partial charge >= 0.3 is 5.97 Å². The zero-order valence-electron chi connectivity index (χ0n) is 10.1. The molecule has 17 heavy (non-hydrogen) atoms. The van der Waals surface area contributed by atoms with E-state index in [4.69, 9.17) is 10.5 Å². The Morgan fingerprint density at radius 1 is 1.41 bits per heavy atom. The van der Waals surface area contributed by atoms with Crippen molar-refractivity contribution >= 4 is 5.97 Å². The van der Waals surface area contributed by atoms with Gasteiger partial charge in [-0.15, -0.1) is 0 Å². The monoisotopic (exact) mass is 235 g/mol. The Bertz CT molecular complexity index is 432. The summed E-state index contributed by atoms with van der Waals surface area (Å²) < 4.78 is 4.77. The van der Waals surface area contributed by atoms with Crippen LogP contribution in [0.2, 0.25) is 0 Å². The Morgan fingerprint density at radius 2 is 1.94 bits per heavy atom. The first kappa shape index (κ1) is 11.9. The van der Waals surface area contributed by atoms with E-state index >= 15 is 0 Å². The number of methoxy groups -OCH3 is 1. The number of esters is 1. The summed E-state index contributed by atoms with van der Waals surface area (Å²) in [5.74, 6) is -0.190. The van der Waals surface area contributed by atoms with E-state index in [1.54, 1.807) is 19.1 Å². The quantitative estimate of drug-likeness (QED) is 0.775. The molecule has 2 rings (SSSR count). The van der Waals surface area contributed by atoms with E-state index in [9.17, 15) is 9.90 Å². The third-order valence-electron chi connectivity index (χ3n) is 3.77. The molecule has 0 spiro atoms. The van der Waals surface area contributed by atoms with Gasteiger partial charge in [0.05, 0.1) is 7.11 Å². The first-order valence-corrected chi connectivity index (χ1v) is 5.61. The van der Waals surface area contributed by atoms with Gasteiger partial charge in [-0.1, -0.05) is 12.1 Å². The van der Waals surface area contributed by atoms with Gasteiger partial charge in [-0.2, -0.15) is 0 Å². The summed E-state index contributed by atoms with van der Waals surface area (Å²) in [7, 11) is 1.35. The van der Waals surface area contributed by atoms with Crippen LogP contribution in [0.4, 0.5) is 0 Å². The first-order valence-electron chi connectivity index (χ1n) is 5.61. The maximum absolute atomic E-state index is 11.8. The average Bonchev–Trinajstić information content (AvgIpc) is 3.10. The second-order valence-electron chi connectivity index (χ2n) is 4.82. The van der Waals surface area contributed by atoms with Gasteiger partial charge in [0, 0.05) is 5.41 Å². The van der Waals surface area contributed by atoms with Crippen molar-refractivity contribution in [3.05, 3.63) is 29.8 Å². The van der Waals surface area contributed by atoms with Crippen molar-refractivity contribution in [1.82, 2.24) is 0 Å². The third-order valence-corrected chi connectivity index (χ3v) is 3.77. The SMILES string of the molecule is COC(=O)C(C)(N)C1(c2ccc(O)cc2)CC1. The zero-order chi connectivity index (χ0) is 12.7. The van der Waals surface area contributed by atoms with Crippen LogP contribution >= 0.6 is 0 Å². The molecule has 0 amide bonds. The highest BCUT2D eigenvalue weighted by atomic mass is 16.5. The van der Waals surface area contributed by atoms with Gasteiger partial charge < -0.3 is 15.6 Å². The minimum absolute atomic E-state index is 0.210.